The van der Waals surface area contributed by atoms with Gasteiger partial charge in [-0.05, 0) is 63.3 Å². The molecule has 1 aliphatic carbocycles. The molecule has 4 nitrogen and oxygen atoms in total. The van der Waals surface area contributed by atoms with E-state index in [1.807, 2.05) is 32.9 Å². The number of methoxy groups -OCH3 is 1. The lowest BCUT2D eigenvalue weighted by Gasteiger charge is -2.22. The van der Waals surface area contributed by atoms with E-state index in [2.05, 4.69) is 23.5 Å². The monoisotopic (exact) mass is 317 g/mol. The summed E-state index contributed by atoms with van der Waals surface area (Å²) in [4.78, 5) is 11.9. The minimum absolute atomic E-state index is 0.384. The average Bonchev–Trinajstić information content (AvgIpc) is 2.52. The molecule has 0 heterocycles. The van der Waals surface area contributed by atoms with Gasteiger partial charge in [-0.2, -0.15) is 0 Å². The van der Waals surface area contributed by atoms with E-state index in [9.17, 15) is 4.79 Å². The highest BCUT2D eigenvalue weighted by Crippen LogP contribution is 2.32. The predicted octanol–water partition coefficient (Wildman–Crippen LogP) is 4.54. The Bertz CT molecular complexity index is 572. The van der Waals surface area contributed by atoms with Crippen molar-refractivity contribution in [3.63, 3.8) is 0 Å². The Balaban J connectivity index is 2.12. The van der Waals surface area contributed by atoms with Crippen molar-refractivity contribution in [3.8, 4) is 5.75 Å². The maximum absolute atomic E-state index is 11.9. The van der Waals surface area contributed by atoms with Crippen molar-refractivity contribution in [2.75, 3.05) is 7.11 Å². The Morgan fingerprint density at radius 1 is 1.35 bits per heavy atom. The van der Waals surface area contributed by atoms with Gasteiger partial charge >= 0.3 is 6.09 Å². The minimum atomic E-state index is -0.487. The van der Waals surface area contributed by atoms with Gasteiger partial charge in [-0.1, -0.05) is 18.2 Å². The topological polar surface area (TPSA) is 47.6 Å². The lowest BCUT2D eigenvalue weighted by molar-refractivity contribution is 0.0523. The van der Waals surface area contributed by atoms with Crippen LogP contribution in [0.4, 0.5) is 4.79 Å². The summed E-state index contributed by atoms with van der Waals surface area (Å²) in [6.45, 7) is 6.03. The number of alkyl carbamates (subject to hydrolysis) is 1. The third kappa shape index (κ3) is 5.31. The minimum Gasteiger partial charge on any atom is -0.497 e. The van der Waals surface area contributed by atoms with E-state index in [-0.39, 0.29) is 0 Å². The van der Waals surface area contributed by atoms with Crippen LogP contribution in [0.5, 0.6) is 5.75 Å². The number of amides is 1. The van der Waals surface area contributed by atoms with Crippen LogP contribution in [0, 0.1) is 0 Å². The van der Waals surface area contributed by atoms with Crippen molar-refractivity contribution in [2.24, 2.45) is 0 Å². The number of benzene rings is 1. The highest BCUT2D eigenvalue weighted by Gasteiger charge is 2.18. The highest BCUT2D eigenvalue weighted by atomic mass is 16.6. The lowest BCUT2D eigenvalue weighted by atomic mass is 9.86. The molecule has 1 aromatic rings. The van der Waals surface area contributed by atoms with E-state index >= 15 is 0 Å². The second-order valence-corrected chi connectivity index (χ2v) is 6.89. The molecule has 0 saturated heterocycles. The highest BCUT2D eigenvalue weighted by molar-refractivity contribution is 5.67. The Hall–Kier alpha value is -1.97. The maximum Gasteiger partial charge on any atom is 0.407 e. The van der Waals surface area contributed by atoms with Crippen molar-refractivity contribution >= 4 is 6.09 Å². The van der Waals surface area contributed by atoms with Crippen molar-refractivity contribution < 1.29 is 14.3 Å². The summed E-state index contributed by atoms with van der Waals surface area (Å²) >= 11 is 0. The van der Waals surface area contributed by atoms with Gasteiger partial charge in [-0.15, -0.1) is 0 Å². The molecule has 0 spiro atoms. The van der Waals surface area contributed by atoms with Crippen LogP contribution in [0.2, 0.25) is 0 Å². The van der Waals surface area contributed by atoms with Crippen LogP contribution >= 0.6 is 0 Å². The van der Waals surface area contributed by atoms with E-state index in [1.165, 1.54) is 12.0 Å². The number of ether oxygens (including phenoxy) is 2. The van der Waals surface area contributed by atoms with Crippen molar-refractivity contribution in [2.45, 2.75) is 58.1 Å². The Morgan fingerprint density at radius 2 is 2.13 bits per heavy atom. The maximum atomic E-state index is 11.9. The molecule has 1 N–H and O–H groups in total. The van der Waals surface area contributed by atoms with Crippen molar-refractivity contribution in [3.05, 3.63) is 41.5 Å². The van der Waals surface area contributed by atoms with E-state index in [0.29, 0.717) is 12.5 Å². The molecule has 1 atom stereocenters. The average molecular weight is 317 g/mol. The number of hydrogen-bond acceptors (Lipinski definition) is 3. The SMILES string of the molecule is COc1ccc(CNC(=O)OC(C)(C)C)c(C2C=CCCC2)c1. The van der Waals surface area contributed by atoms with Crippen molar-refractivity contribution in [1.29, 1.82) is 0 Å². The molecule has 1 aliphatic rings. The number of rotatable bonds is 4. The van der Waals surface area contributed by atoms with E-state index < -0.39 is 11.7 Å². The summed E-state index contributed by atoms with van der Waals surface area (Å²) < 4.78 is 10.7. The molecule has 1 amide bonds. The van der Waals surface area contributed by atoms with Crippen molar-refractivity contribution in [1.82, 2.24) is 5.32 Å². The summed E-state index contributed by atoms with van der Waals surface area (Å²) in [5, 5.41) is 2.85. The third-order valence-corrected chi connectivity index (χ3v) is 3.83. The molecule has 1 unspecified atom stereocenters. The molecule has 23 heavy (non-hydrogen) atoms. The van der Waals surface area contributed by atoms with Gasteiger partial charge in [-0.3, -0.25) is 0 Å². The zero-order valence-electron chi connectivity index (χ0n) is 14.5. The molecule has 126 valence electrons. The quantitative estimate of drug-likeness (QED) is 0.829. The van der Waals surface area contributed by atoms with Gasteiger partial charge in [0.25, 0.3) is 0 Å². The molecule has 0 bridgehead atoms. The second kappa shape index (κ2) is 7.53. The third-order valence-electron chi connectivity index (χ3n) is 3.83. The summed E-state index contributed by atoms with van der Waals surface area (Å²) in [6.07, 6.45) is 7.57. The predicted molar refractivity (Wildman–Crippen MR) is 91.8 cm³/mol. The first-order valence-electron chi connectivity index (χ1n) is 8.19. The zero-order valence-corrected chi connectivity index (χ0v) is 14.5. The molecule has 4 heteroatoms. The number of nitrogens with one attached hydrogen (secondary N) is 1. The van der Waals surface area contributed by atoms with Gasteiger partial charge in [0.2, 0.25) is 0 Å². The Kier molecular flexibility index (Phi) is 5.69. The lowest BCUT2D eigenvalue weighted by Crippen LogP contribution is -2.32. The fraction of sp³-hybridized carbons (Fsp3) is 0.526. The molecule has 0 fully saturated rings. The molecular weight excluding hydrogens is 290 g/mol. The van der Waals surface area contributed by atoms with Gasteiger partial charge in [0.1, 0.15) is 11.4 Å². The Labute approximate surface area is 138 Å². The first kappa shape index (κ1) is 17.4. The number of allylic oxidation sites excluding steroid dienone is 2. The van der Waals surface area contributed by atoms with Crippen LogP contribution in [-0.4, -0.2) is 18.8 Å². The van der Waals surface area contributed by atoms with Crippen LogP contribution < -0.4 is 10.1 Å². The molecule has 0 aliphatic heterocycles. The van der Waals surface area contributed by atoms with Crippen LogP contribution in [0.25, 0.3) is 0 Å². The molecule has 1 aromatic carbocycles. The number of carbonyl (C=O) groups is 1. The van der Waals surface area contributed by atoms with Gasteiger partial charge < -0.3 is 14.8 Å². The summed E-state index contributed by atoms with van der Waals surface area (Å²) in [6, 6.07) is 6.03. The molecule has 0 aromatic heterocycles. The fourth-order valence-electron chi connectivity index (χ4n) is 2.76. The molecular formula is C19H27NO3. The fourth-order valence-corrected chi connectivity index (χ4v) is 2.76. The van der Waals surface area contributed by atoms with Crippen LogP contribution in [0.3, 0.4) is 0 Å². The normalized spacial score (nSPS) is 17.7. The van der Waals surface area contributed by atoms with Gasteiger partial charge in [0.15, 0.2) is 0 Å². The molecule has 2 rings (SSSR count). The Morgan fingerprint density at radius 3 is 2.74 bits per heavy atom. The van der Waals surface area contributed by atoms with E-state index in [1.54, 1.807) is 7.11 Å². The summed E-state index contributed by atoms with van der Waals surface area (Å²) in [5.74, 6) is 1.23. The van der Waals surface area contributed by atoms with E-state index in [4.69, 9.17) is 9.47 Å². The van der Waals surface area contributed by atoms with Crippen LogP contribution in [0.1, 0.15) is 57.1 Å². The first-order valence-corrected chi connectivity index (χ1v) is 8.19. The van der Waals surface area contributed by atoms with Crippen LogP contribution in [-0.2, 0) is 11.3 Å². The summed E-state index contributed by atoms with van der Waals surface area (Å²) in [5.41, 5.74) is 1.84. The first-order chi connectivity index (χ1) is 10.9. The molecule has 0 saturated carbocycles. The van der Waals surface area contributed by atoms with Gasteiger partial charge in [0, 0.05) is 12.5 Å². The van der Waals surface area contributed by atoms with Gasteiger partial charge in [0.05, 0.1) is 7.11 Å². The smallest absolute Gasteiger partial charge is 0.407 e. The number of hydrogen-bond donors (Lipinski definition) is 1. The zero-order chi connectivity index (χ0) is 16.9. The number of carbonyl (C=O) groups excluding carboxylic acids is 1. The van der Waals surface area contributed by atoms with E-state index in [0.717, 1.165) is 24.2 Å². The van der Waals surface area contributed by atoms with Crippen LogP contribution in [0.15, 0.2) is 30.4 Å². The molecule has 0 radical (unpaired) electrons. The second-order valence-electron chi connectivity index (χ2n) is 6.89. The summed E-state index contributed by atoms with van der Waals surface area (Å²) in [7, 11) is 1.68. The van der Waals surface area contributed by atoms with Gasteiger partial charge in [-0.25, -0.2) is 4.79 Å². The largest absolute Gasteiger partial charge is 0.497 e. The standard InChI is InChI=1S/C19H27NO3/c1-19(2,3)23-18(21)20-13-15-10-11-16(22-4)12-17(15)14-8-6-5-7-9-14/h6,8,10-12,14H,5,7,9,13H2,1-4H3,(H,20,21).